The summed E-state index contributed by atoms with van der Waals surface area (Å²) in [5.74, 6) is -0.779. The highest BCUT2D eigenvalue weighted by Crippen LogP contribution is 2.18. The fraction of sp³-hybridized carbons (Fsp3) is 0.417. The zero-order chi connectivity index (χ0) is 16.3. The summed E-state index contributed by atoms with van der Waals surface area (Å²) in [6.07, 6.45) is 0.649. The second-order valence-corrected chi connectivity index (χ2v) is 5.09. The Morgan fingerprint density at radius 2 is 2.27 bits per heavy atom. The van der Waals surface area contributed by atoms with Crippen LogP contribution in [0.5, 0.6) is 0 Å². The summed E-state index contributed by atoms with van der Waals surface area (Å²) in [6.45, 7) is 4.72. The van der Waals surface area contributed by atoms with Crippen LogP contribution in [0.2, 0.25) is 5.02 Å². The quantitative estimate of drug-likeness (QED) is 0.475. The fourth-order valence-corrected chi connectivity index (χ4v) is 2.07. The standard InChI is InChI=1S/C12H15ClN6O3/c1-7-11(13)8(2)18(17-7)5-3-4-14-12(20)9-6-10(16-15-9)19(21)22/h6H,3-5H2,1-2H3,(H,14,20)(H,15,16). The van der Waals surface area contributed by atoms with Gasteiger partial charge in [0.1, 0.15) is 0 Å². The van der Waals surface area contributed by atoms with Crippen molar-refractivity contribution in [1.82, 2.24) is 25.3 Å². The van der Waals surface area contributed by atoms with Gasteiger partial charge in [-0.05, 0) is 25.2 Å². The van der Waals surface area contributed by atoms with Crippen molar-refractivity contribution in [3.63, 3.8) is 0 Å². The summed E-state index contributed by atoms with van der Waals surface area (Å²) in [5.41, 5.74) is 1.64. The average molecular weight is 327 g/mol. The molecule has 22 heavy (non-hydrogen) atoms. The summed E-state index contributed by atoms with van der Waals surface area (Å²) in [6, 6.07) is 1.09. The van der Waals surface area contributed by atoms with Gasteiger partial charge in [0.25, 0.3) is 5.91 Å². The molecule has 0 aromatic carbocycles. The number of carbonyl (C=O) groups excluding carboxylic acids is 1. The number of aryl methyl sites for hydroxylation is 2. The predicted molar refractivity (Wildman–Crippen MR) is 78.9 cm³/mol. The van der Waals surface area contributed by atoms with Crippen LogP contribution in [0, 0.1) is 24.0 Å². The first kappa shape index (κ1) is 16.0. The van der Waals surface area contributed by atoms with Gasteiger partial charge in [-0.3, -0.25) is 9.48 Å². The number of amides is 1. The molecule has 0 aliphatic carbocycles. The number of nitro groups is 1. The van der Waals surface area contributed by atoms with Crippen molar-refractivity contribution in [1.29, 1.82) is 0 Å². The Balaban J connectivity index is 1.81. The van der Waals surface area contributed by atoms with E-state index in [2.05, 4.69) is 20.6 Å². The Hall–Kier alpha value is -2.42. The molecule has 118 valence electrons. The highest BCUT2D eigenvalue weighted by molar-refractivity contribution is 6.31. The molecule has 0 aliphatic rings. The van der Waals surface area contributed by atoms with Crippen molar-refractivity contribution in [3.8, 4) is 0 Å². The third-order valence-electron chi connectivity index (χ3n) is 3.12. The Bertz CT molecular complexity index is 708. The minimum absolute atomic E-state index is 0.0131. The molecule has 2 heterocycles. The maximum absolute atomic E-state index is 11.8. The highest BCUT2D eigenvalue weighted by atomic mass is 35.5. The van der Waals surface area contributed by atoms with Gasteiger partial charge in [0.15, 0.2) is 5.69 Å². The maximum atomic E-state index is 11.8. The molecule has 0 spiro atoms. The molecular formula is C12H15ClN6O3. The molecule has 2 aromatic rings. The number of H-pyrrole nitrogens is 1. The van der Waals surface area contributed by atoms with Crippen LogP contribution in [0.4, 0.5) is 5.82 Å². The molecule has 0 radical (unpaired) electrons. The van der Waals surface area contributed by atoms with E-state index in [0.29, 0.717) is 24.5 Å². The van der Waals surface area contributed by atoms with Gasteiger partial charge in [0, 0.05) is 13.1 Å². The van der Waals surface area contributed by atoms with Gasteiger partial charge in [-0.25, -0.2) is 0 Å². The monoisotopic (exact) mass is 326 g/mol. The van der Waals surface area contributed by atoms with E-state index in [1.807, 2.05) is 13.8 Å². The van der Waals surface area contributed by atoms with E-state index < -0.39 is 10.8 Å². The Morgan fingerprint density at radius 1 is 1.55 bits per heavy atom. The van der Waals surface area contributed by atoms with Crippen molar-refractivity contribution in [2.75, 3.05) is 6.54 Å². The number of hydrogen-bond acceptors (Lipinski definition) is 5. The summed E-state index contributed by atoms with van der Waals surface area (Å²) in [7, 11) is 0. The molecule has 0 bridgehead atoms. The number of carbonyl (C=O) groups is 1. The largest absolute Gasteiger partial charge is 0.358 e. The first-order valence-corrected chi connectivity index (χ1v) is 6.95. The molecule has 0 saturated heterocycles. The lowest BCUT2D eigenvalue weighted by Gasteiger charge is -2.05. The van der Waals surface area contributed by atoms with Gasteiger partial charge in [-0.1, -0.05) is 16.7 Å². The lowest BCUT2D eigenvalue weighted by molar-refractivity contribution is -0.389. The maximum Gasteiger partial charge on any atom is 0.343 e. The third kappa shape index (κ3) is 3.42. The number of nitrogens with one attached hydrogen (secondary N) is 2. The molecule has 2 aromatic heterocycles. The minimum Gasteiger partial charge on any atom is -0.358 e. The summed E-state index contributed by atoms with van der Waals surface area (Å²) >= 11 is 6.05. The van der Waals surface area contributed by atoms with E-state index >= 15 is 0 Å². The Morgan fingerprint density at radius 3 is 2.82 bits per heavy atom. The zero-order valence-corrected chi connectivity index (χ0v) is 12.8. The lowest BCUT2D eigenvalue weighted by atomic mass is 10.3. The number of halogens is 1. The van der Waals surface area contributed by atoms with E-state index in [-0.39, 0.29) is 11.5 Å². The number of nitrogens with zero attached hydrogens (tertiary/aromatic N) is 4. The summed E-state index contributed by atoms with van der Waals surface area (Å²) < 4.78 is 1.78. The molecule has 0 atom stereocenters. The van der Waals surface area contributed by atoms with Crippen LogP contribution in [-0.4, -0.2) is 37.4 Å². The van der Waals surface area contributed by atoms with Gasteiger partial charge in [-0.15, -0.1) is 5.10 Å². The molecule has 0 unspecified atom stereocenters. The molecule has 9 nitrogen and oxygen atoms in total. The van der Waals surface area contributed by atoms with Crippen molar-refractivity contribution >= 4 is 23.3 Å². The molecule has 0 saturated carbocycles. The lowest BCUT2D eigenvalue weighted by Crippen LogP contribution is -2.25. The Kier molecular flexibility index (Phi) is 4.76. The second kappa shape index (κ2) is 6.56. The van der Waals surface area contributed by atoms with Crippen LogP contribution in [0.15, 0.2) is 6.07 Å². The van der Waals surface area contributed by atoms with Gasteiger partial charge < -0.3 is 15.4 Å². The normalized spacial score (nSPS) is 10.7. The van der Waals surface area contributed by atoms with Gasteiger partial charge in [0.05, 0.1) is 22.5 Å². The van der Waals surface area contributed by atoms with Crippen LogP contribution in [-0.2, 0) is 6.54 Å². The smallest absolute Gasteiger partial charge is 0.343 e. The molecule has 1 amide bonds. The predicted octanol–water partition coefficient (Wildman–Crippen LogP) is 1.60. The van der Waals surface area contributed by atoms with Crippen molar-refractivity contribution in [2.24, 2.45) is 0 Å². The van der Waals surface area contributed by atoms with E-state index in [1.54, 1.807) is 4.68 Å². The fourth-order valence-electron chi connectivity index (χ4n) is 1.94. The minimum atomic E-state index is -0.643. The molecule has 10 heteroatoms. The van der Waals surface area contributed by atoms with Crippen LogP contribution in [0.25, 0.3) is 0 Å². The van der Waals surface area contributed by atoms with E-state index in [1.165, 1.54) is 0 Å². The van der Waals surface area contributed by atoms with E-state index in [4.69, 9.17) is 11.6 Å². The van der Waals surface area contributed by atoms with Crippen molar-refractivity contribution in [2.45, 2.75) is 26.8 Å². The van der Waals surface area contributed by atoms with Crippen molar-refractivity contribution in [3.05, 3.63) is 38.3 Å². The SMILES string of the molecule is Cc1nn(CCCNC(=O)c2cc([N+](=O)[O-])[nH]n2)c(C)c1Cl. The average Bonchev–Trinajstić information content (AvgIpc) is 3.06. The molecular weight excluding hydrogens is 312 g/mol. The van der Waals surface area contributed by atoms with Crippen LogP contribution < -0.4 is 5.32 Å². The molecule has 2 N–H and O–H groups in total. The summed E-state index contributed by atoms with van der Waals surface area (Å²) in [4.78, 5) is 21.6. The first-order valence-electron chi connectivity index (χ1n) is 6.57. The number of aromatic amines is 1. The number of aromatic nitrogens is 4. The zero-order valence-electron chi connectivity index (χ0n) is 12.1. The molecule has 0 fully saturated rings. The van der Waals surface area contributed by atoms with Gasteiger partial charge in [-0.2, -0.15) is 5.10 Å². The number of rotatable bonds is 6. The molecule has 0 aliphatic heterocycles. The second-order valence-electron chi connectivity index (χ2n) is 4.71. The topological polar surface area (TPSA) is 119 Å². The van der Waals surface area contributed by atoms with Gasteiger partial charge in [0.2, 0.25) is 0 Å². The van der Waals surface area contributed by atoms with Crippen LogP contribution in [0.3, 0.4) is 0 Å². The van der Waals surface area contributed by atoms with Crippen molar-refractivity contribution < 1.29 is 9.72 Å². The first-order chi connectivity index (χ1) is 10.4. The Labute approximate surface area is 130 Å². The van der Waals surface area contributed by atoms with E-state index in [0.717, 1.165) is 17.5 Å². The third-order valence-corrected chi connectivity index (χ3v) is 3.67. The molecule has 2 rings (SSSR count). The van der Waals surface area contributed by atoms with Gasteiger partial charge >= 0.3 is 5.82 Å². The number of hydrogen-bond donors (Lipinski definition) is 2. The highest BCUT2D eigenvalue weighted by Gasteiger charge is 2.16. The van der Waals surface area contributed by atoms with Crippen LogP contribution >= 0.6 is 11.6 Å². The summed E-state index contributed by atoms with van der Waals surface area (Å²) in [5, 5.41) is 23.8. The van der Waals surface area contributed by atoms with E-state index in [9.17, 15) is 14.9 Å². The van der Waals surface area contributed by atoms with Crippen LogP contribution in [0.1, 0.15) is 28.3 Å².